The van der Waals surface area contributed by atoms with Gasteiger partial charge in [0.15, 0.2) is 0 Å². The summed E-state index contributed by atoms with van der Waals surface area (Å²) >= 11 is 0. The maximum absolute atomic E-state index is 5.13. The maximum atomic E-state index is 5.13. The minimum Gasteiger partial charge on any atom is -0.378 e. The summed E-state index contributed by atoms with van der Waals surface area (Å²) in [4.78, 5) is 3.22. The molecule has 3 nitrogen and oxygen atoms in total. The smallest absolute Gasteiger partial charge is 0.0643 e. The highest BCUT2D eigenvalue weighted by molar-refractivity contribution is 5.82. The second-order valence-corrected chi connectivity index (χ2v) is 3.97. The Morgan fingerprint density at radius 3 is 3.07 bits per heavy atom. The van der Waals surface area contributed by atoms with Gasteiger partial charge in [-0.05, 0) is 17.7 Å². The normalized spacial score (nSPS) is 16.8. The number of aromatic nitrogens is 1. The van der Waals surface area contributed by atoms with Crippen LogP contribution in [0.2, 0.25) is 0 Å². The number of fused-ring (bicyclic) bond motifs is 1. The SMILES string of the molecule is c1cc(CNC2COC2)c2cc[nH]c2c1. The van der Waals surface area contributed by atoms with Crippen LogP contribution in [-0.2, 0) is 11.3 Å². The fourth-order valence-corrected chi connectivity index (χ4v) is 1.91. The third kappa shape index (κ3) is 1.64. The molecule has 1 saturated heterocycles. The van der Waals surface area contributed by atoms with Crippen molar-refractivity contribution in [3.63, 3.8) is 0 Å². The van der Waals surface area contributed by atoms with Gasteiger partial charge in [-0.3, -0.25) is 0 Å². The number of hydrogen-bond donors (Lipinski definition) is 2. The van der Waals surface area contributed by atoms with Crippen LogP contribution in [0.15, 0.2) is 30.5 Å². The Labute approximate surface area is 88.4 Å². The van der Waals surface area contributed by atoms with E-state index in [9.17, 15) is 0 Å². The summed E-state index contributed by atoms with van der Waals surface area (Å²) in [6.45, 7) is 2.62. The number of rotatable bonds is 3. The van der Waals surface area contributed by atoms with Crippen molar-refractivity contribution < 1.29 is 4.74 Å². The highest BCUT2D eigenvalue weighted by atomic mass is 16.5. The third-order valence-electron chi connectivity index (χ3n) is 2.90. The van der Waals surface area contributed by atoms with Gasteiger partial charge in [0.05, 0.1) is 19.3 Å². The van der Waals surface area contributed by atoms with Crippen LogP contribution < -0.4 is 5.32 Å². The van der Waals surface area contributed by atoms with Gasteiger partial charge in [0.1, 0.15) is 0 Å². The van der Waals surface area contributed by atoms with Gasteiger partial charge >= 0.3 is 0 Å². The van der Waals surface area contributed by atoms with Crippen LogP contribution in [-0.4, -0.2) is 24.2 Å². The molecular weight excluding hydrogens is 188 g/mol. The van der Waals surface area contributed by atoms with Gasteiger partial charge in [0.25, 0.3) is 0 Å². The van der Waals surface area contributed by atoms with Gasteiger partial charge in [-0.1, -0.05) is 12.1 Å². The highest BCUT2D eigenvalue weighted by Crippen LogP contribution is 2.17. The number of ether oxygens (including phenoxy) is 1. The Hall–Kier alpha value is -1.32. The van der Waals surface area contributed by atoms with Crippen molar-refractivity contribution in [2.24, 2.45) is 0 Å². The first-order valence-electron chi connectivity index (χ1n) is 5.29. The van der Waals surface area contributed by atoms with Gasteiger partial charge < -0.3 is 15.0 Å². The molecule has 1 aliphatic heterocycles. The molecule has 0 spiro atoms. The van der Waals surface area contributed by atoms with Crippen molar-refractivity contribution in [3.05, 3.63) is 36.0 Å². The Bertz CT molecular complexity index is 459. The van der Waals surface area contributed by atoms with Crippen LogP contribution in [0, 0.1) is 0 Å². The average Bonchev–Trinajstić information content (AvgIpc) is 2.63. The minimum atomic E-state index is 0.541. The Kier molecular flexibility index (Phi) is 2.19. The molecule has 3 heteroatoms. The maximum Gasteiger partial charge on any atom is 0.0643 e. The summed E-state index contributed by atoms with van der Waals surface area (Å²) in [5, 5.41) is 4.79. The molecule has 1 aromatic heterocycles. The Morgan fingerprint density at radius 2 is 2.27 bits per heavy atom. The zero-order valence-corrected chi connectivity index (χ0v) is 8.49. The Morgan fingerprint density at radius 1 is 1.33 bits per heavy atom. The summed E-state index contributed by atoms with van der Waals surface area (Å²) in [5.41, 5.74) is 2.56. The predicted molar refractivity (Wildman–Crippen MR) is 59.7 cm³/mol. The molecule has 0 amide bonds. The lowest BCUT2D eigenvalue weighted by Gasteiger charge is -2.27. The molecule has 0 unspecified atom stereocenters. The molecule has 1 aliphatic rings. The van der Waals surface area contributed by atoms with Crippen molar-refractivity contribution >= 4 is 10.9 Å². The fraction of sp³-hybridized carbons (Fsp3) is 0.333. The fourth-order valence-electron chi connectivity index (χ4n) is 1.91. The standard InChI is InChI=1S/C12H14N2O/c1-2-9(6-14-10-7-15-8-10)11-4-5-13-12(11)3-1/h1-5,10,13-14H,6-8H2. The van der Waals surface area contributed by atoms with Crippen molar-refractivity contribution in [1.82, 2.24) is 10.3 Å². The largest absolute Gasteiger partial charge is 0.378 e. The van der Waals surface area contributed by atoms with Crippen molar-refractivity contribution in [2.45, 2.75) is 12.6 Å². The molecule has 2 heterocycles. The van der Waals surface area contributed by atoms with Gasteiger partial charge in [-0.2, -0.15) is 0 Å². The van der Waals surface area contributed by atoms with Gasteiger partial charge in [0.2, 0.25) is 0 Å². The number of benzene rings is 1. The molecule has 0 atom stereocenters. The quantitative estimate of drug-likeness (QED) is 0.794. The summed E-state index contributed by atoms with van der Waals surface area (Å²) in [6, 6.07) is 9.03. The van der Waals surface area contributed by atoms with E-state index in [1.807, 2.05) is 6.20 Å². The van der Waals surface area contributed by atoms with Gasteiger partial charge in [-0.15, -0.1) is 0 Å². The number of nitrogens with one attached hydrogen (secondary N) is 2. The van der Waals surface area contributed by atoms with E-state index in [0.29, 0.717) is 6.04 Å². The summed E-state index contributed by atoms with van der Waals surface area (Å²) in [5.74, 6) is 0. The van der Waals surface area contributed by atoms with E-state index in [2.05, 4.69) is 34.6 Å². The zero-order valence-electron chi connectivity index (χ0n) is 8.49. The van der Waals surface area contributed by atoms with Crippen LogP contribution in [0.4, 0.5) is 0 Å². The summed E-state index contributed by atoms with van der Waals surface area (Å²) in [7, 11) is 0. The van der Waals surface area contributed by atoms with Crippen molar-refractivity contribution in [2.75, 3.05) is 13.2 Å². The average molecular weight is 202 g/mol. The Balaban J connectivity index is 1.80. The molecule has 1 aromatic carbocycles. The first-order chi connectivity index (χ1) is 7.43. The molecular formula is C12H14N2O. The first-order valence-corrected chi connectivity index (χ1v) is 5.29. The van der Waals surface area contributed by atoms with E-state index in [1.165, 1.54) is 16.5 Å². The molecule has 1 fully saturated rings. The molecule has 0 bridgehead atoms. The third-order valence-corrected chi connectivity index (χ3v) is 2.90. The summed E-state index contributed by atoms with van der Waals surface area (Å²) < 4.78 is 5.13. The zero-order chi connectivity index (χ0) is 10.1. The van der Waals surface area contributed by atoms with Crippen molar-refractivity contribution in [3.8, 4) is 0 Å². The lowest BCUT2D eigenvalue weighted by Crippen LogP contribution is -2.45. The summed E-state index contributed by atoms with van der Waals surface area (Å²) in [6.07, 6.45) is 1.99. The molecule has 2 aromatic rings. The lowest BCUT2D eigenvalue weighted by molar-refractivity contribution is -0.00574. The van der Waals surface area contributed by atoms with E-state index in [0.717, 1.165) is 19.8 Å². The molecule has 78 valence electrons. The molecule has 0 saturated carbocycles. The lowest BCUT2D eigenvalue weighted by atomic mass is 10.1. The monoisotopic (exact) mass is 202 g/mol. The van der Waals surface area contributed by atoms with E-state index < -0.39 is 0 Å². The van der Waals surface area contributed by atoms with Crippen LogP contribution in [0.1, 0.15) is 5.56 Å². The van der Waals surface area contributed by atoms with E-state index in [-0.39, 0.29) is 0 Å². The van der Waals surface area contributed by atoms with Crippen molar-refractivity contribution in [1.29, 1.82) is 0 Å². The molecule has 15 heavy (non-hydrogen) atoms. The van der Waals surface area contributed by atoms with Crippen LogP contribution >= 0.6 is 0 Å². The number of aromatic amines is 1. The van der Waals surface area contributed by atoms with Crippen LogP contribution in [0.25, 0.3) is 10.9 Å². The van der Waals surface area contributed by atoms with E-state index >= 15 is 0 Å². The molecule has 0 radical (unpaired) electrons. The molecule has 2 N–H and O–H groups in total. The van der Waals surface area contributed by atoms with Crippen LogP contribution in [0.5, 0.6) is 0 Å². The number of H-pyrrole nitrogens is 1. The molecule has 3 rings (SSSR count). The second kappa shape index (κ2) is 3.68. The molecule has 0 aliphatic carbocycles. The van der Waals surface area contributed by atoms with Gasteiger partial charge in [-0.25, -0.2) is 0 Å². The topological polar surface area (TPSA) is 37.0 Å². The van der Waals surface area contributed by atoms with Gasteiger partial charge in [0, 0.05) is 23.6 Å². The van der Waals surface area contributed by atoms with E-state index in [4.69, 9.17) is 4.74 Å². The minimum absolute atomic E-state index is 0.541. The predicted octanol–water partition coefficient (Wildman–Crippen LogP) is 1.66. The highest BCUT2D eigenvalue weighted by Gasteiger charge is 2.17. The second-order valence-electron chi connectivity index (χ2n) is 3.97. The number of hydrogen-bond acceptors (Lipinski definition) is 2. The first kappa shape index (κ1) is 8.95. The van der Waals surface area contributed by atoms with Crippen LogP contribution in [0.3, 0.4) is 0 Å². The van der Waals surface area contributed by atoms with E-state index in [1.54, 1.807) is 0 Å².